The largest absolute Gasteiger partial charge is 0.494 e. The summed E-state index contributed by atoms with van der Waals surface area (Å²) in [6.45, 7) is 0.435. The van der Waals surface area contributed by atoms with E-state index in [9.17, 15) is 10.1 Å². The van der Waals surface area contributed by atoms with E-state index in [4.69, 9.17) is 10.5 Å². The lowest BCUT2D eigenvalue weighted by Crippen LogP contribution is -2.10. The predicted molar refractivity (Wildman–Crippen MR) is 67.3 cm³/mol. The van der Waals surface area contributed by atoms with Crippen LogP contribution in [0.4, 0.5) is 5.69 Å². The lowest BCUT2D eigenvalue weighted by Gasteiger charge is -2.10. The molecule has 0 amide bonds. The fourth-order valence-electron chi connectivity index (χ4n) is 1.73. The summed E-state index contributed by atoms with van der Waals surface area (Å²) in [5.41, 5.74) is 6.71. The molecular formula is C11H13N5O3. The van der Waals surface area contributed by atoms with Gasteiger partial charge < -0.3 is 10.5 Å². The van der Waals surface area contributed by atoms with E-state index < -0.39 is 4.92 Å². The zero-order valence-corrected chi connectivity index (χ0v) is 10.3. The molecule has 0 atom stereocenters. The molecular weight excluding hydrogens is 250 g/mol. The van der Waals surface area contributed by atoms with Crippen molar-refractivity contribution in [1.82, 2.24) is 15.0 Å². The Labute approximate surface area is 108 Å². The Hall–Kier alpha value is -2.48. The maximum Gasteiger partial charge on any atom is 0.271 e. The Morgan fingerprint density at radius 2 is 2.32 bits per heavy atom. The summed E-state index contributed by atoms with van der Waals surface area (Å²) in [4.78, 5) is 10.4. The third-order valence-electron chi connectivity index (χ3n) is 2.62. The minimum atomic E-state index is -0.470. The Bertz CT molecular complexity index is 596. The first kappa shape index (κ1) is 13.0. The standard InChI is InChI=1S/C11H13N5O3/c1-19-11-3-2-8(16(17)18)6-10(11)15-9(4-5-12)7-13-14-15/h2-3,6-7H,4-5,12H2,1H3. The number of nitrogens with zero attached hydrogens (tertiary/aromatic N) is 4. The van der Waals surface area contributed by atoms with Crippen molar-refractivity contribution in [2.75, 3.05) is 13.7 Å². The first-order chi connectivity index (χ1) is 9.17. The van der Waals surface area contributed by atoms with Gasteiger partial charge in [-0.05, 0) is 12.6 Å². The lowest BCUT2D eigenvalue weighted by molar-refractivity contribution is -0.384. The Kier molecular flexibility index (Phi) is 3.71. The number of hydrogen-bond donors (Lipinski definition) is 1. The molecule has 0 aliphatic heterocycles. The molecule has 1 heterocycles. The highest BCUT2D eigenvalue weighted by Crippen LogP contribution is 2.27. The van der Waals surface area contributed by atoms with Gasteiger partial charge in [-0.2, -0.15) is 0 Å². The molecule has 0 bridgehead atoms. The van der Waals surface area contributed by atoms with Gasteiger partial charge >= 0.3 is 0 Å². The summed E-state index contributed by atoms with van der Waals surface area (Å²) in [5, 5.41) is 18.6. The molecule has 2 N–H and O–H groups in total. The molecule has 0 fully saturated rings. The minimum Gasteiger partial charge on any atom is -0.494 e. The number of methoxy groups -OCH3 is 1. The van der Waals surface area contributed by atoms with Crippen molar-refractivity contribution in [3.8, 4) is 11.4 Å². The SMILES string of the molecule is COc1ccc([N+](=O)[O-])cc1-n1nncc1CCN. The van der Waals surface area contributed by atoms with E-state index in [1.54, 1.807) is 6.20 Å². The predicted octanol–water partition coefficient (Wildman–Crippen LogP) is 0.685. The van der Waals surface area contributed by atoms with E-state index >= 15 is 0 Å². The summed E-state index contributed by atoms with van der Waals surface area (Å²) < 4.78 is 6.69. The van der Waals surface area contributed by atoms with Gasteiger partial charge in [0.2, 0.25) is 0 Å². The summed E-state index contributed by atoms with van der Waals surface area (Å²) in [6, 6.07) is 4.30. The molecule has 0 aliphatic carbocycles. The Morgan fingerprint density at radius 1 is 1.53 bits per heavy atom. The van der Waals surface area contributed by atoms with Gasteiger partial charge in [0.15, 0.2) is 0 Å². The zero-order chi connectivity index (χ0) is 13.8. The number of non-ortho nitro benzene ring substituents is 1. The second-order valence-electron chi connectivity index (χ2n) is 3.79. The highest BCUT2D eigenvalue weighted by atomic mass is 16.6. The number of hydrogen-bond acceptors (Lipinski definition) is 6. The van der Waals surface area contributed by atoms with Gasteiger partial charge in [0.05, 0.1) is 23.9 Å². The fraction of sp³-hybridized carbons (Fsp3) is 0.273. The third-order valence-corrected chi connectivity index (χ3v) is 2.62. The molecule has 0 radical (unpaired) electrons. The maximum absolute atomic E-state index is 10.8. The van der Waals surface area contributed by atoms with E-state index in [-0.39, 0.29) is 5.69 Å². The molecule has 0 unspecified atom stereocenters. The van der Waals surface area contributed by atoms with Gasteiger partial charge in [0.1, 0.15) is 11.4 Å². The van der Waals surface area contributed by atoms with Crippen LogP contribution in [0.15, 0.2) is 24.4 Å². The fourth-order valence-corrected chi connectivity index (χ4v) is 1.73. The second-order valence-corrected chi connectivity index (χ2v) is 3.79. The smallest absolute Gasteiger partial charge is 0.271 e. The summed E-state index contributed by atoms with van der Waals surface area (Å²) in [5.74, 6) is 0.481. The number of nitro benzene ring substituents is 1. The van der Waals surface area contributed by atoms with Crippen LogP contribution >= 0.6 is 0 Å². The molecule has 0 saturated heterocycles. The van der Waals surface area contributed by atoms with Gasteiger partial charge in [-0.3, -0.25) is 10.1 Å². The molecule has 0 saturated carbocycles. The average molecular weight is 263 g/mol. The third kappa shape index (κ3) is 2.52. The number of rotatable bonds is 5. The first-order valence-electron chi connectivity index (χ1n) is 5.60. The number of aromatic nitrogens is 3. The number of benzene rings is 1. The summed E-state index contributed by atoms with van der Waals surface area (Å²) in [6.07, 6.45) is 2.14. The van der Waals surface area contributed by atoms with Gasteiger partial charge in [-0.1, -0.05) is 5.21 Å². The normalized spacial score (nSPS) is 10.4. The minimum absolute atomic E-state index is 0.0370. The molecule has 1 aromatic carbocycles. The van der Waals surface area contributed by atoms with Crippen LogP contribution < -0.4 is 10.5 Å². The van der Waals surface area contributed by atoms with Gasteiger partial charge in [-0.25, -0.2) is 4.68 Å². The Balaban J connectivity index is 2.55. The van der Waals surface area contributed by atoms with Crippen molar-refractivity contribution in [1.29, 1.82) is 0 Å². The van der Waals surface area contributed by atoms with Crippen LogP contribution in [-0.2, 0) is 6.42 Å². The van der Waals surface area contributed by atoms with Crippen molar-refractivity contribution < 1.29 is 9.66 Å². The molecule has 2 aromatic rings. The summed E-state index contributed by atoms with van der Waals surface area (Å²) in [7, 11) is 1.49. The van der Waals surface area contributed by atoms with Crippen LogP contribution in [0.1, 0.15) is 5.69 Å². The van der Waals surface area contributed by atoms with Crippen LogP contribution in [-0.4, -0.2) is 33.6 Å². The Morgan fingerprint density at radius 3 is 2.95 bits per heavy atom. The molecule has 19 heavy (non-hydrogen) atoms. The van der Waals surface area contributed by atoms with Crippen molar-refractivity contribution in [2.24, 2.45) is 5.73 Å². The van der Waals surface area contributed by atoms with Crippen LogP contribution in [0.2, 0.25) is 0 Å². The zero-order valence-electron chi connectivity index (χ0n) is 10.3. The number of nitro groups is 1. The molecule has 8 nitrogen and oxygen atoms in total. The van der Waals surface area contributed by atoms with Crippen molar-refractivity contribution >= 4 is 5.69 Å². The van der Waals surface area contributed by atoms with Crippen LogP contribution in [0.5, 0.6) is 5.75 Å². The van der Waals surface area contributed by atoms with E-state index in [2.05, 4.69) is 10.3 Å². The van der Waals surface area contributed by atoms with Crippen molar-refractivity contribution in [3.63, 3.8) is 0 Å². The topological polar surface area (TPSA) is 109 Å². The second kappa shape index (κ2) is 5.44. The molecule has 0 aliphatic rings. The molecule has 1 aromatic heterocycles. The molecule has 100 valence electrons. The van der Waals surface area contributed by atoms with E-state index in [1.165, 1.54) is 30.0 Å². The van der Waals surface area contributed by atoms with Crippen molar-refractivity contribution in [2.45, 2.75) is 6.42 Å². The van der Waals surface area contributed by atoms with Crippen LogP contribution in [0.3, 0.4) is 0 Å². The van der Waals surface area contributed by atoms with E-state index in [1.807, 2.05) is 0 Å². The molecule has 0 spiro atoms. The van der Waals surface area contributed by atoms with Crippen LogP contribution in [0, 0.1) is 10.1 Å². The number of nitrogens with two attached hydrogens (primary N) is 1. The highest BCUT2D eigenvalue weighted by molar-refractivity contribution is 5.53. The maximum atomic E-state index is 10.8. The van der Waals surface area contributed by atoms with Gasteiger partial charge in [-0.15, -0.1) is 5.10 Å². The lowest BCUT2D eigenvalue weighted by atomic mass is 10.2. The molecule has 8 heteroatoms. The number of ether oxygens (including phenoxy) is 1. The van der Waals surface area contributed by atoms with E-state index in [0.29, 0.717) is 24.4 Å². The van der Waals surface area contributed by atoms with Crippen LogP contribution in [0.25, 0.3) is 5.69 Å². The van der Waals surface area contributed by atoms with Gasteiger partial charge in [0.25, 0.3) is 5.69 Å². The quantitative estimate of drug-likeness (QED) is 0.627. The monoisotopic (exact) mass is 263 g/mol. The van der Waals surface area contributed by atoms with E-state index in [0.717, 1.165) is 5.69 Å². The highest BCUT2D eigenvalue weighted by Gasteiger charge is 2.15. The van der Waals surface area contributed by atoms with Gasteiger partial charge in [0, 0.05) is 18.6 Å². The summed E-state index contributed by atoms with van der Waals surface area (Å²) >= 11 is 0. The average Bonchev–Trinajstić information content (AvgIpc) is 2.86. The molecule has 2 rings (SSSR count). The first-order valence-corrected chi connectivity index (χ1v) is 5.60. The van der Waals surface area contributed by atoms with Crippen molar-refractivity contribution in [3.05, 3.63) is 40.2 Å².